The Morgan fingerprint density at radius 3 is 2.77 bits per heavy atom. The number of rotatable bonds is 8. The molecule has 0 amide bonds. The van der Waals surface area contributed by atoms with Crippen molar-refractivity contribution >= 4 is 28.2 Å². The number of fused-ring (bicyclic) bond motifs is 1. The van der Waals surface area contributed by atoms with Gasteiger partial charge in [-0.3, -0.25) is 4.98 Å². The van der Waals surface area contributed by atoms with Crippen molar-refractivity contribution in [3.63, 3.8) is 0 Å². The van der Waals surface area contributed by atoms with E-state index in [4.69, 9.17) is 16.3 Å². The van der Waals surface area contributed by atoms with E-state index < -0.39 is 0 Å². The van der Waals surface area contributed by atoms with Crippen LogP contribution in [0.3, 0.4) is 0 Å². The second kappa shape index (κ2) is 8.32. The van der Waals surface area contributed by atoms with Gasteiger partial charge in [-0.05, 0) is 44.3 Å². The number of ether oxygens (including phenoxy) is 1. The van der Waals surface area contributed by atoms with Gasteiger partial charge in [0.2, 0.25) is 0 Å². The number of anilines is 1. The van der Waals surface area contributed by atoms with Crippen LogP contribution in [0.1, 0.15) is 20.8 Å². The molecule has 0 aliphatic carbocycles. The maximum atomic E-state index is 6.01. The Labute approximate surface area is 137 Å². The number of benzene rings is 1. The summed E-state index contributed by atoms with van der Waals surface area (Å²) in [6.45, 7) is 10.1. The van der Waals surface area contributed by atoms with E-state index in [0.717, 1.165) is 36.2 Å². The Morgan fingerprint density at radius 1 is 1.27 bits per heavy atom. The van der Waals surface area contributed by atoms with E-state index in [1.807, 2.05) is 31.2 Å². The van der Waals surface area contributed by atoms with Crippen molar-refractivity contribution in [2.45, 2.75) is 27.0 Å². The van der Waals surface area contributed by atoms with Gasteiger partial charge in [0.1, 0.15) is 6.23 Å². The van der Waals surface area contributed by atoms with Crippen LogP contribution in [0, 0.1) is 0 Å². The van der Waals surface area contributed by atoms with Crippen LogP contribution >= 0.6 is 11.6 Å². The van der Waals surface area contributed by atoms with Gasteiger partial charge < -0.3 is 15.0 Å². The van der Waals surface area contributed by atoms with Crippen molar-refractivity contribution in [2.75, 3.05) is 31.6 Å². The van der Waals surface area contributed by atoms with E-state index in [-0.39, 0.29) is 6.23 Å². The minimum Gasteiger partial charge on any atom is -0.360 e. The fraction of sp³-hybridized carbons (Fsp3) is 0.471. The predicted octanol–water partition coefficient (Wildman–Crippen LogP) is 4.00. The highest BCUT2D eigenvalue weighted by molar-refractivity contribution is 6.31. The van der Waals surface area contributed by atoms with Crippen LogP contribution < -0.4 is 5.32 Å². The van der Waals surface area contributed by atoms with Crippen molar-refractivity contribution < 1.29 is 4.74 Å². The molecule has 0 aliphatic heterocycles. The van der Waals surface area contributed by atoms with Crippen LogP contribution in [0.15, 0.2) is 30.5 Å². The Kier molecular flexibility index (Phi) is 6.43. The average Bonchev–Trinajstić information content (AvgIpc) is 2.51. The van der Waals surface area contributed by atoms with Gasteiger partial charge in [0.15, 0.2) is 0 Å². The van der Waals surface area contributed by atoms with Crippen molar-refractivity contribution in [3.8, 4) is 0 Å². The summed E-state index contributed by atoms with van der Waals surface area (Å²) in [5.74, 6) is 0. The molecule has 1 N–H and O–H groups in total. The Bertz CT molecular complexity index is 601. The summed E-state index contributed by atoms with van der Waals surface area (Å²) in [5.41, 5.74) is 1.89. The van der Waals surface area contributed by atoms with Crippen LogP contribution in [0.2, 0.25) is 5.02 Å². The van der Waals surface area contributed by atoms with Crippen LogP contribution in [-0.4, -0.2) is 42.4 Å². The van der Waals surface area contributed by atoms with Gasteiger partial charge in [0.05, 0.1) is 12.1 Å². The van der Waals surface area contributed by atoms with E-state index >= 15 is 0 Å². The molecule has 22 heavy (non-hydrogen) atoms. The fourth-order valence-electron chi connectivity index (χ4n) is 2.41. The summed E-state index contributed by atoms with van der Waals surface area (Å²) in [7, 11) is 0. The maximum Gasteiger partial charge on any atom is 0.124 e. The molecule has 0 spiro atoms. The Balaban J connectivity index is 1.95. The zero-order valence-electron chi connectivity index (χ0n) is 13.5. The number of pyridine rings is 1. The zero-order valence-corrected chi connectivity index (χ0v) is 14.2. The van der Waals surface area contributed by atoms with Crippen molar-refractivity contribution in [2.24, 2.45) is 0 Å². The molecule has 4 nitrogen and oxygen atoms in total. The molecule has 5 heteroatoms. The topological polar surface area (TPSA) is 37.4 Å². The van der Waals surface area contributed by atoms with E-state index in [1.165, 1.54) is 0 Å². The van der Waals surface area contributed by atoms with Gasteiger partial charge in [0, 0.05) is 28.8 Å². The van der Waals surface area contributed by atoms with Gasteiger partial charge in [-0.1, -0.05) is 25.4 Å². The van der Waals surface area contributed by atoms with Gasteiger partial charge >= 0.3 is 0 Å². The standard InChI is InChI=1S/C17H24ClN3O/c1-4-21(5-2)10-11-22-13(3)20-16-8-9-19-17-12-14(18)6-7-15(16)17/h6-9,12-13H,4-5,10-11H2,1-3H3,(H,19,20). The third kappa shape index (κ3) is 4.57. The first-order valence-electron chi connectivity index (χ1n) is 7.78. The quantitative estimate of drug-likeness (QED) is 0.746. The second-order valence-corrected chi connectivity index (χ2v) is 5.64. The van der Waals surface area contributed by atoms with Gasteiger partial charge in [-0.25, -0.2) is 0 Å². The highest BCUT2D eigenvalue weighted by Gasteiger charge is 2.07. The van der Waals surface area contributed by atoms with Gasteiger partial charge in [-0.15, -0.1) is 0 Å². The summed E-state index contributed by atoms with van der Waals surface area (Å²) < 4.78 is 5.85. The van der Waals surface area contributed by atoms with E-state index in [0.29, 0.717) is 11.6 Å². The number of nitrogens with one attached hydrogen (secondary N) is 1. The number of likely N-dealkylation sites (N-methyl/N-ethyl adjacent to an activating group) is 1. The lowest BCUT2D eigenvalue weighted by atomic mass is 10.2. The van der Waals surface area contributed by atoms with Crippen molar-refractivity contribution in [1.29, 1.82) is 0 Å². The molecule has 1 aromatic heterocycles. The number of hydrogen-bond acceptors (Lipinski definition) is 4. The van der Waals surface area contributed by atoms with E-state index in [9.17, 15) is 0 Å². The molecule has 0 radical (unpaired) electrons. The maximum absolute atomic E-state index is 6.01. The van der Waals surface area contributed by atoms with Gasteiger partial charge in [0.25, 0.3) is 0 Å². The number of halogens is 1. The molecule has 1 unspecified atom stereocenters. The highest BCUT2D eigenvalue weighted by atomic mass is 35.5. The molecule has 0 bridgehead atoms. The van der Waals surface area contributed by atoms with Gasteiger partial charge in [-0.2, -0.15) is 0 Å². The first-order chi connectivity index (χ1) is 10.6. The molecule has 0 saturated carbocycles. The van der Waals surface area contributed by atoms with Crippen LogP contribution in [0.25, 0.3) is 10.9 Å². The molecule has 2 rings (SSSR count). The zero-order chi connectivity index (χ0) is 15.9. The van der Waals surface area contributed by atoms with E-state index in [2.05, 4.69) is 29.0 Å². The normalized spacial score (nSPS) is 12.8. The van der Waals surface area contributed by atoms with Crippen LogP contribution in [-0.2, 0) is 4.74 Å². The van der Waals surface area contributed by atoms with Crippen molar-refractivity contribution in [3.05, 3.63) is 35.5 Å². The summed E-state index contributed by atoms with van der Waals surface area (Å²) in [5, 5.41) is 5.13. The third-order valence-corrected chi connectivity index (χ3v) is 3.97. The van der Waals surface area contributed by atoms with Crippen LogP contribution in [0.4, 0.5) is 5.69 Å². The molecule has 1 aromatic carbocycles. The molecule has 0 fully saturated rings. The molecule has 2 aromatic rings. The first kappa shape index (κ1) is 17.0. The summed E-state index contributed by atoms with van der Waals surface area (Å²) in [6.07, 6.45) is 1.72. The number of aromatic nitrogens is 1. The molecule has 0 saturated heterocycles. The molecule has 0 aliphatic rings. The molecular formula is C17H24ClN3O. The third-order valence-electron chi connectivity index (χ3n) is 3.73. The lowest BCUT2D eigenvalue weighted by molar-refractivity contribution is 0.0662. The summed E-state index contributed by atoms with van der Waals surface area (Å²) >= 11 is 6.01. The minimum absolute atomic E-state index is 0.0585. The second-order valence-electron chi connectivity index (χ2n) is 5.20. The molecular weight excluding hydrogens is 298 g/mol. The smallest absolute Gasteiger partial charge is 0.124 e. The first-order valence-corrected chi connectivity index (χ1v) is 8.16. The number of hydrogen-bond donors (Lipinski definition) is 1. The van der Waals surface area contributed by atoms with Crippen molar-refractivity contribution in [1.82, 2.24) is 9.88 Å². The number of nitrogens with zero attached hydrogens (tertiary/aromatic N) is 2. The highest BCUT2D eigenvalue weighted by Crippen LogP contribution is 2.24. The summed E-state index contributed by atoms with van der Waals surface area (Å²) in [4.78, 5) is 6.69. The fourth-order valence-corrected chi connectivity index (χ4v) is 2.57. The minimum atomic E-state index is -0.0585. The summed E-state index contributed by atoms with van der Waals surface area (Å²) in [6, 6.07) is 7.69. The average molecular weight is 322 g/mol. The van der Waals surface area contributed by atoms with E-state index in [1.54, 1.807) is 6.20 Å². The monoisotopic (exact) mass is 321 g/mol. The Hall–Kier alpha value is -1.36. The SMILES string of the molecule is CCN(CC)CCOC(C)Nc1ccnc2cc(Cl)ccc12. The van der Waals surface area contributed by atoms with Crippen LogP contribution in [0.5, 0.6) is 0 Å². The lowest BCUT2D eigenvalue weighted by Gasteiger charge is -2.21. The lowest BCUT2D eigenvalue weighted by Crippen LogP contribution is -2.30. The molecule has 120 valence electrons. The predicted molar refractivity (Wildman–Crippen MR) is 93.6 cm³/mol. The Morgan fingerprint density at radius 2 is 2.05 bits per heavy atom. The molecule has 1 heterocycles. The molecule has 1 atom stereocenters. The largest absolute Gasteiger partial charge is 0.360 e.